The molecule has 1 aromatic rings. The van der Waals surface area contributed by atoms with E-state index in [1.807, 2.05) is 0 Å². The summed E-state index contributed by atoms with van der Waals surface area (Å²) in [4.78, 5) is 90.8. The molecular formula is C13H27N2O18P3. The Labute approximate surface area is 200 Å². The SMILES string of the molecule is C[C@H]1O[C@@H](c2cn(C3CCOC3)c(=O)[nH]c2=O)[C@H](O)[C@@H]1O.O=P(O)(O)O.O=P(O)(O)O.O=P(O)(O)O. The van der Waals surface area contributed by atoms with Crippen molar-refractivity contribution in [2.24, 2.45) is 0 Å². The summed E-state index contributed by atoms with van der Waals surface area (Å²) in [5.41, 5.74) is -0.988. The van der Waals surface area contributed by atoms with Crippen molar-refractivity contribution in [2.45, 2.75) is 43.8 Å². The molecule has 0 aliphatic carbocycles. The molecule has 2 fully saturated rings. The first kappa shape index (κ1) is 34.9. The number of rotatable bonds is 2. The summed E-state index contributed by atoms with van der Waals surface area (Å²) in [6.07, 6.45) is -1.72. The van der Waals surface area contributed by atoms with Gasteiger partial charge in [0.15, 0.2) is 0 Å². The van der Waals surface area contributed by atoms with Gasteiger partial charge in [0.1, 0.15) is 18.3 Å². The molecule has 0 radical (unpaired) electrons. The van der Waals surface area contributed by atoms with Gasteiger partial charge in [-0.1, -0.05) is 0 Å². The first-order valence-corrected chi connectivity index (χ1v) is 14.0. The normalized spacial score (nSPS) is 26.1. The number of phosphoric acid groups is 3. The molecule has 0 bridgehead atoms. The lowest BCUT2D eigenvalue weighted by atomic mass is 10.0. The summed E-state index contributed by atoms with van der Waals surface area (Å²) in [7, 11) is -13.9. The zero-order valence-corrected chi connectivity index (χ0v) is 20.8. The zero-order chi connectivity index (χ0) is 28.6. The number of aliphatic hydroxyl groups is 2. The van der Waals surface area contributed by atoms with E-state index in [-0.39, 0.29) is 11.6 Å². The lowest BCUT2D eigenvalue weighted by molar-refractivity contribution is 0.0137. The lowest BCUT2D eigenvalue weighted by Gasteiger charge is -2.17. The molecule has 0 saturated carbocycles. The van der Waals surface area contributed by atoms with Gasteiger partial charge in [-0.05, 0) is 13.3 Å². The Bertz CT molecular complexity index is 1010. The molecule has 1 unspecified atom stereocenters. The molecular weight excluding hydrogens is 565 g/mol. The van der Waals surface area contributed by atoms with E-state index in [9.17, 15) is 19.8 Å². The Kier molecular flexibility index (Phi) is 13.7. The van der Waals surface area contributed by atoms with Gasteiger partial charge in [0.2, 0.25) is 0 Å². The molecule has 212 valence electrons. The van der Waals surface area contributed by atoms with Gasteiger partial charge in [-0.25, -0.2) is 18.5 Å². The van der Waals surface area contributed by atoms with Gasteiger partial charge >= 0.3 is 29.2 Å². The molecule has 0 spiro atoms. The molecule has 0 amide bonds. The molecule has 1 aromatic heterocycles. The largest absolute Gasteiger partial charge is 0.466 e. The van der Waals surface area contributed by atoms with Gasteiger partial charge in [-0.2, -0.15) is 0 Å². The number of H-pyrrole nitrogens is 1. The Morgan fingerprint density at radius 1 is 0.889 bits per heavy atom. The standard InChI is InChI=1S/C13H18N2O6.3H3O4P/c1-6-9(16)10(17)11(21-6)8-4-15(7-2-3-20-5-7)13(19)14-12(8)18;3*1-5(2,3)4/h4,6-7,9-11,16-17H,2-3,5H2,1H3,(H,14,18,19);3*(H3,1,2,3,4)/t6-,7?,9-,10-,11+;;;/m1.../s1. The molecule has 0 aromatic carbocycles. The van der Waals surface area contributed by atoms with Crippen LogP contribution in [-0.2, 0) is 23.2 Å². The van der Waals surface area contributed by atoms with Crippen molar-refractivity contribution < 1.29 is 77.4 Å². The van der Waals surface area contributed by atoms with Gasteiger partial charge in [-0.15, -0.1) is 0 Å². The number of nitrogens with one attached hydrogen (secondary N) is 1. The van der Waals surface area contributed by atoms with Crippen LogP contribution in [-0.4, -0.2) is 95.3 Å². The topological polar surface area (TPSA) is 347 Å². The van der Waals surface area contributed by atoms with Crippen molar-refractivity contribution in [2.75, 3.05) is 13.2 Å². The fourth-order valence-electron chi connectivity index (χ4n) is 2.82. The van der Waals surface area contributed by atoms with Crippen LogP contribution in [0.4, 0.5) is 0 Å². The molecule has 12 N–H and O–H groups in total. The predicted molar refractivity (Wildman–Crippen MR) is 114 cm³/mol. The van der Waals surface area contributed by atoms with Crippen LogP contribution < -0.4 is 11.2 Å². The lowest BCUT2D eigenvalue weighted by Crippen LogP contribution is -2.37. The highest BCUT2D eigenvalue weighted by atomic mass is 31.2. The van der Waals surface area contributed by atoms with E-state index in [1.54, 1.807) is 6.92 Å². The highest BCUT2D eigenvalue weighted by Crippen LogP contribution is 2.32. The van der Waals surface area contributed by atoms with Crippen LogP contribution in [0.3, 0.4) is 0 Å². The summed E-state index contributed by atoms with van der Waals surface area (Å²) in [6, 6.07) is -0.144. The van der Waals surface area contributed by atoms with Gasteiger partial charge < -0.3 is 63.7 Å². The Morgan fingerprint density at radius 3 is 1.67 bits per heavy atom. The van der Waals surface area contributed by atoms with E-state index in [1.165, 1.54) is 10.8 Å². The molecule has 20 nitrogen and oxygen atoms in total. The van der Waals surface area contributed by atoms with Gasteiger partial charge in [0, 0.05) is 12.8 Å². The second kappa shape index (κ2) is 14.1. The minimum absolute atomic E-state index is 0.136. The molecule has 3 heterocycles. The van der Waals surface area contributed by atoms with Crippen LogP contribution >= 0.6 is 23.5 Å². The van der Waals surface area contributed by atoms with E-state index in [2.05, 4.69) is 4.98 Å². The Balaban J connectivity index is 0.000000672. The molecule has 23 heteroatoms. The maximum absolute atomic E-state index is 12.0. The fraction of sp³-hybridized carbons (Fsp3) is 0.692. The number of aromatic nitrogens is 2. The summed E-state index contributed by atoms with van der Waals surface area (Å²) >= 11 is 0. The molecule has 5 atom stereocenters. The third kappa shape index (κ3) is 15.9. The van der Waals surface area contributed by atoms with Crippen molar-refractivity contribution in [1.82, 2.24) is 9.55 Å². The average Bonchev–Trinajstić information content (AvgIpc) is 3.23. The van der Waals surface area contributed by atoms with Crippen molar-refractivity contribution in [3.63, 3.8) is 0 Å². The monoisotopic (exact) mass is 592 g/mol. The van der Waals surface area contributed by atoms with Crippen LogP contribution in [0.2, 0.25) is 0 Å². The fourth-order valence-corrected chi connectivity index (χ4v) is 2.82. The van der Waals surface area contributed by atoms with E-state index in [4.69, 9.17) is 67.2 Å². The Morgan fingerprint density at radius 2 is 1.33 bits per heavy atom. The van der Waals surface area contributed by atoms with E-state index in [0.29, 0.717) is 19.6 Å². The van der Waals surface area contributed by atoms with E-state index < -0.39 is 59.1 Å². The number of aliphatic hydroxyl groups excluding tert-OH is 2. The highest BCUT2D eigenvalue weighted by molar-refractivity contribution is 7.45. The molecule has 2 saturated heterocycles. The number of ether oxygens (including phenoxy) is 2. The van der Waals surface area contributed by atoms with Crippen molar-refractivity contribution in [3.8, 4) is 0 Å². The summed E-state index contributed by atoms with van der Waals surface area (Å²) in [5.74, 6) is 0. The van der Waals surface area contributed by atoms with Crippen molar-refractivity contribution >= 4 is 23.5 Å². The predicted octanol–water partition coefficient (Wildman–Crippen LogP) is -4.11. The number of nitrogens with zero attached hydrogens (tertiary/aromatic N) is 1. The molecule has 36 heavy (non-hydrogen) atoms. The van der Waals surface area contributed by atoms with Crippen LogP contribution in [0.1, 0.15) is 31.1 Å². The Hall–Kier alpha value is -1.15. The van der Waals surface area contributed by atoms with Crippen LogP contribution in [0, 0.1) is 0 Å². The molecule has 2 aliphatic rings. The second-order valence-corrected chi connectivity index (χ2v) is 10.1. The van der Waals surface area contributed by atoms with Crippen LogP contribution in [0.25, 0.3) is 0 Å². The molecule has 3 rings (SSSR count). The molecule has 2 aliphatic heterocycles. The quantitative estimate of drug-likeness (QED) is 0.145. The third-order valence-corrected chi connectivity index (χ3v) is 4.10. The first-order valence-electron chi connectivity index (χ1n) is 9.28. The maximum atomic E-state index is 12.0. The third-order valence-electron chi connectivity index (χ3n) is 4.10. The number of aromatic amines is 1. The van der Waals surface area contributed by atoms with E-state index in [0.717, 1.165) is 0 Å². The summed E-state index contributed by atoms with van der Waals surface area (Å²) in [5, 5.41) is 19.7. The highest BCUT2D eigenvalue weighted by Gasteiger charge is 2.42. The minimum Gasteiger partial charge on any atom is -0.388 e. The van der Waals surface area contributed by atoms with Gasteiger partial charge in [0.25, 0.3) is 5.56 Å². The summed E-state index contributed by atoms with van der Waals surface area (Å²) in [6.45, 7) is 2.57. The van der Waals surface area contributed by atoms with Crippen molar-refractivity contribution in [1.29, 1.82) is 0 Å². The first-order chi connectivity index (χ1) is 16.0. The van der Waals surface area contributed by atoms with Crippen molar-refractivity contribution in [3.05, 3.63) is 32.6 Å². The average molecular weight is 592 g/mol. The number of hydrogen-bond donors (Lipinski definition) is 12. The van der Waals surface area contributed by atoms with Crippen LogP contribution in [0.5, 0.6) is 0 Å². The van der Waals surface area contributed by atoms with Gasteiger partial charge in [-0.3, -0.25) is 14.3 Å². The minimum atomic E-state index is -4.64. The second-order valence-electron chi connectivity index (χ2n) is 7.05. The van der Waals surface area contributed by atoms with Crippen LogP contribution in [0.15, 0.2) is 15.8 Å². The summed E-state index contributed by atoms with van der Waals surface area (Å²) < 4.78 is 38.7. The van der Waals surface area contributed by atoms with Gasteiger partial charge in [0.05, 0.1) is 24.3 Å². The number of hydrogen-bond acceptors (Lipinski definition) is 9. The van der Waals surface area contributed by atoms with E-state index >= 15 is 0 Å². The maximum Gasteiger partial charge on any atom is 0.466 e. The zero-order valence-electron chi connectivity index (χ0n) is 18.2. The smallest absolute Gasteiger partial charge is 0.388 e.